The number of para-hydroxylation sites is 2. The minimum atomic E-state index is -0.742. The Morgan fingerprint density at radius 1 is 1.23 bits per heavy atom. The first-order chi connectivity index (χ1) is 15.2. The Morgan fingerprint density at radius 2 is 2.10 bits per heavy atom. The maximum absolute atomic E-state index is 12.9. The van der Waals surface area contributed by atoms with Crippen LogP contribution in [0.25, 0.3) is 11.1 Å². The number of amides is 1. The molecule has 1 aromatic heterocycles. The molecule has 31 heavy (non-hydrogen) atoms. The van der Waals surface area contributed by atoms with E-state index in [0.717, 1.165) is 30.6 Å². The molecule has 3 heterocycles. The monoisotopic (exact) mass is 420 g/mol. The van der Waals surface area contributed by atoms with Crippen molar-refractivity contribution in [1.29, 1.82) is 0 Å². The van der Waals surface area contributed by atoms with Gasteiger partial charge in [-0.05, 0) is 43.3 Å². The summed E-state index contributed by atoms with van der Waals surface area (Å²) in [6, 6.07) is 13.1. The van der Waals surface area contributed by atoms with Crippen LogP contribution in [0.5, 0.6) is 17.2 Å². The lowest BCUT2D eigenvalue weighted by Gasteiger charge is -2.26. The third-order valence-electron chi connectivity index (χ3n) is 5.51. The Hall–Kier alpha value is -3.52. The standard InChI is InChI=1S/C23H24N4O4/c1-27-9-8-17(13-27)30-21-10-15(16-11-24-25-12-16)6-7-18(21)26-23(28)22-14-29-19-4-2-3-5-20(19)31-22/h2-7,10-12,17,22H,8-9,13-14H2,1H3,(H,24,25)(H,26,28)/t17-,22?/m0/s1. The van der Waals surface area contributed by atoms with Crippen LogP contribution in [0.3, 0.4) is 0 Å². The summed E-state index contributed by atoms with van der Waals surface area (Å²) in [7, 11) is 2.08. The zero-order valence-corrected chi connectivity index (χ0v) is 17.2. The van der Waals surface area contributed by atoms with Crippen LogP contribution in [0.2, 0.25) is 0 Å². The van der Waals surface area contributed by atoms with Crippen molar-refractivity contribution in [1.82, 2.24) is 15.1 Å². The number of hydrogen-bond acceptors (Lipinski definition) is 6. The van der Waals surface area contributed by atoms with E-state index in [0.29, 0.717) is 22.9 Å². The molecular weight excluding hydrogens is 396 g/mol. The average molecular weight is 420 g/mol. The molecular formula is C23H24N4O4. The lowest BCUT2D eigenvalue weighted by Crippen LogP contribution is -2.40. The zero-order chi connectivity index (χ0) is 21.2. The Labute approximate surface area is 180 Å². The van der Waals surface area contributed by atoms with Crippen molar-refractivity contribution in [2.75, 3.05) is 32.1 Å². The lowest BCUT2D eigenvalue weighted by atomic mass is 10.1. The lowest BCUT2D eigenvalue weighted by molar-refractivity contribution is -0.125. The third-order valence-corrected chi connectivity index (χ3v) is 5.51. The molecule has 0 radical (unpaired) electrons. The molecule has 2 aliphatic heterocycles. The predicted molar refractivity (Wildman–Crippen MR) is 116 cm³/mol. The van der Waals surface area contributed by atoms with Crippen LogP contribution in [-0.4, -0.2) is 60.0 Å². The summed E-state index contributed by atoms with van der Waals surface area (Å²) in [5, 5.41) is 9.81. The Morgan fingerprint density at radius 3 is 2.87 bits per heavy atom. The van der Waals surface area contributed by atoms with Crippen molar-refractivity contribution >= 4 is 11.6 Å². The van der Waals surface area contributed by atoms with Crippen LogP contribution < -0.4 is 19.5 Å². The summed E-state index contributed by atoms with van der Waals surface area (Å²) in [6.45, 7) is 1.99. The molecule has 1 fully saturated rings. The molecule has 0 spiro atoms. The van der Waals surface area contributed by atoms with Crippen LogP contribution in [0, 0.1) is 0 Å². The molecule has 5 rings (SSSR count). The van der Waals surface area contributed by atoms with Crippen LogP contribution in [-0.2, 0) is 4.79 Å². The fourth-order valence-electron chi connectivity index (χ4n) is 3.84. The fourth-order valence-corrected chi connectivity index (χ4v) is 3.84. The summed E-state index contributed by atoms with van der Waals surface area (Å²) in [5.74, 6) is 1.56. The number of likely N-dealkylation sites (N-methyl/N-ethyl adjacent to an activating group) is 1. The molecule has 0 saturated carbocycles. The zero-order valence-electron chi connectivity index (χ0n) is 17.2. The highest BCUT2D eigenvalue weighted by molar-refractivity contribution is 5.96. The quantitative estimate of drug-likeness (QED) is 0.660. The molecule has 0 aliphatic carbocycles. The van der Waals surface area contributed by atoms with Gasteiger partial charge in [0.25, 0.3) is 5.91 Å². The van der Waals surface area contributed by atoms with Gasteiger partial charge >= 0.3 is 0 Å². The van der Waals surface area contributed by atoms with E-state index < -0.39 is 6.10 Å². The molecule has 2 N–H and O–H groups in total. The molecule has 160 valence electrons. The van der Waals surface area contributed by atoms with Crippen molar-refractivity contribution in [2.24, 2.45) is 0 Å². The minimum absolute atomic E-state index is 0.0707. The van der Waals surface area contributed by atoms with Gasteiger partial charge in [-0.1, -0.05) is 18.2 Å². The van der Waals surface area contributed by atoms with E-state index in [1.165, 1.54) is 0 Å². The van der Waals surface area contributed by atoms with Gasteiger partial charge in [0.15, 0.2) is 11.5 Å². The van der Waals surface area contributed by atoms with Crippen LogP contribution in [0.4, 0.5) is 5.69 Å². The van der Waals surface area contributed by atoms with E-state index >= 15 is 0 Å². The van der Waals surface area contributed by atoms with Gasteiger partial charge in [0.2, 0.25) is 6.10 Å². The normalized spacial score (nSPS) is 20.4. The predicted octanol–water partition coefficient (Wildman–Crippen LogP) is 2.94. The summed E-state index contributed by atoms with van der Waals surface area (Å²) < 4.78 is 17.8. The summed E-state index contributed by atoms with van der Waals surface area (Å²) >= 11 is 0. The molecule has 2 aromatic carbocycles. The molecule has 1 amide bonds. The number of likely N-dealkylation sites (tertiary alicyclic amines) is 1. The Balaban J connectivity index is 1.36. The number of fused-ring (bicyclic) bond motifs is 1. The number of rotatable bonds is 5. The van der Waals surface area contributed by atoms with Crippen molar-refractivity contribution in [3.63, 3.8) is 0 Å². The van der Waals surface area contributed by atoms with Crippen molar-refractivity contribution in [2.45, 2.75) is 18.6 Å². The first-order valence-corrected chi connectivity index (χ1v) is 10.3. The molecule has 0 bridgehead atoms. The number of carbonyl (C=O) groups excluding carboxylic acids is 1. The van der Waals surface area contributed by atoms with Crippen LogP contribution in [0.15, 0.2) is 54.9 Å². The number of ether oxygens (including phenoxy) is 3. The van der Waals surface area contributed by atoms with Gasteiger partial charge in [0, 0.05) is 24.8 Å². The van der Waals surface area contributed by atoms with Gasteiger partial charge in [-0.2, -0.15) is 5.10 Å². The number of hydrogen-bond donors (Lipinski definition) is 2. The SMILES string of the molecule is CN1CC[C@H](Oc2cc(-c3cn[nH]c3)ccc2NC(=O)C2COc3ccccc3O2)C1. The largest absolute Gasteiger partial charge is 0.487 e. The maximum Gasteiger partial charge on any atom is 0.269 e. The number of aromatic amines is 1. The smallest absolute Gasteiger partial charge is 0.269 e. The highest BCUT2D eigenvalue weighted by Gasteiger charge is 2.29. The number of aromatic nitrogens is 2. The number of carbonyl (C=O) groups is 1. The molecule has 2 atom stereocenters. The second-order valence-corrected chi connectivity index (χ2v) is 7.84. The number of benzene rings is 2. The highest BCUT2D eigenvalue weighted by Crippen LogP contribution is 2.34. The molecule has 8 heteroatoms. The minimum Gasteiger partial charge on any atom is -0.487 e. The molecule has 1 unspecified atom stereocenters. The van der Waals surface area contributed by atoms with Crippen LogP contribution in [0.1, 0.15) is 6.42 Å². The fraction of sp³-hybridized carbons (Fsp3) is 0.304. The van der Waals surface area contributed by atoms with Crippen LogP contribution >= 0.6 is 0 Å². The van der Waals surface area contributed by atoms with Gasteiger partial charge in [-0.25, -0.2) is 0 Å². The molecule has 8 nitrogen and oxygen atoms in total. The topological polar surface area (TPSA) is 88.7 Å². The van der Waals surface area contributed by atoms with Crippen molar-refractivity contribution in [3.8, 4) is 28.4 Å². The van der Waals surface area contributed by atoms with Gasteiger partial charge in [-0.15, -0.1) is 0 Å². The third kappa shape index (κ3) is 4.20. The Kier molecular flexibility index (Phi) is 5.21. The molecule has 2 aliphatic rings. The second-order valence-electron chi connectivity index (χ2n) is 7.84. The number of nitrogens with zero attached hydrogens (tertiary/aromatic N) is 2. The first kappa shape index (κ1) is 19.4. The van der Waals surface area contributed by atoms with Gasteiger partial charge in [-0.3, -0.25) is 9.89 Å². The van der Waals surface area contributed by atoms with Gasteiger partial charge in [0.1, 0.15) is 18.5 Å². The van der Waals surface area contributed by atoms with Gasteiger partial charge < -0.3 is 24.4 Å². The van der Waals surface area contributed by atoms with E-state index in [2.05, 4.69) is 27.5 Å². The van der Waals surface area contributed by atoms with Crippen molar-refractivity contribution < 1.29 is 19.0 Å². The van der Waals surface area contributed by atoms with E-state index in [1.54, 1.807) is 12.3 Å². The van der Waals surface area contributed by atoms with E-state index in [4.69, 9.17) is 14.2 Å². The number of anilines is 1. The van der Waals surface area contributed by atoms with E-state index in [1.807, 2.05) is 42.6 Å². The Bertz CT molecular complexity index is 1070. The first-order valence-electron chi connectivity index (χ1n) is 10.3. The summed E-state index contributed by atoms with van der Waals surface area (Å²) in [5.41, 5.74) is 2.51. The highest BCUT2D eigenvalue weighted by atomic mass is 16.6. The summed E-state index contributed by atoms with van der Waals surface area (Å²) in [6.07, 6.45) is 3.85. The van der Waals surface area contributed by atoms with Gasteiger partial charge in [0.05, 0.1) is 11.9 Å². The summed E-state index contributed by atoms with van der Waals surface area (Å²) in [4.78, 5) is 15.2. The van der Waals surface area contributed by atoms with E-state index in [9.17, 15) is 4.79 Å². The number of nitrogens with one attached hydrogen (secondary N) is 2. The second kappa shape index (κ2) is 8.31. The average Bonchev–Trinajstić information content (AvgIpc) is 3.46. The van der Waals surface area contributed by atoms with Crippen molar-refractivity contribution in [3.05, 3.63) is 54.9 Å². The molecule has 3 aromatic rings. The maximum atomic E-state index is 12.9. The number of H-pyrrole nitrogens is 1. The van der Waals surface area contributed by atoms with E-state index in [-0.39, 0.29) is 18.6 Å². The molecule has 1 saturated heterocycles.